The largest absolute Gasteiger partial charge is 0.345 e. The van der Waals surface area contributed by atoms with E-state index in [4.69, 9.17) is 0 Å². The molecule has 1 aromatic carbocycles. The van der Waals surface area contributed by atoms with Crippen molar-refractivity contribution in [3.63, 3.8) is 0 Å². The van der Waals surface area contributed by atoms with Crippen molar-refractivity contribution in [1.82, 2.24) is 14.9 Å². The van der Waals surface area contributed by atoms with Crippen LogP contribution in [0.5, 0.6) is 0 Å². The van der Waals surface area contributed by atoms with Crippen LogP contribution in [-0.4, -0.2) is 15.5 Å². The zero-order valence-electron chi connectivity index (χ0n) is 10.8. The van der Waals surface area contributed by atoms with Gasteiger partial charge in [0.15, 0.2) is 0 Å². The van der Waals surface area contributed by atoms with E-state index in [9.17, 15) is 4.79 Å². The van der Waals surface area contributed by atoms with Crippen LogP contribution in [-0.2, 0) is 13.6 Å². The maximum absolute atomic E-state index is 12.0. The van der Waals surface area contributed by atoms with Gasteiger partial charge in [-0.15, -0.1) is 11.3 Å². The highest BCUT2D eigenvalue weighted by atomic mass is 79.9. The molecule has 2 aromatic heterocycles. The Kier molecular flexibility index (Phi) is 3.58. The number of amides is 1. The molecule has 0 unspecified atom stereocenters. The molecular weight excluding hydrogens is 338 g/mol. The molecule has 0 bridgehead atoms. The van der Waals surface area contributed by atoms with Gasteiger partial charge >= 0.3 is 0 Å². The maximum Gasteiger partial charge on any atom is 0.252 e. The molecule has 0 radical (unpaired) electrons. The predicted molar refractivity (Wildman–Crippen MR) is 83.9 cm³/mol. The summed E-state index contributed by atoms with van der Waals surface area (Å²) in [7, 11) is 1.96. The minimum Gasteiger partial charge on any atom is -0.345 e. The number of nitrogens with one attached hydrogen (secondary N) is 1. The van der Waals surface area contributed by atoms with Gasteiger partial charge in [0.1, 0.15) is 5.82 Å². The van der Waals surface area contributed by atoms with Crippen LogP contribution in [0, 0.1) is 0 Å². The zero-order chi connectivity index (χ0) is 14.1. The lowest BCUT2D eigenvalue weighted by Gasteiger charge is -2.04. The van der Waals surface area contributed by atoms with Crippen LogP contribution in [0.25, 0.3) is 11.0 Å². The first-order valence-electron chi connectivity index (χ1n) is 6.08. The molecule has 1 amide bonds. The molecule has 0 saturated carbocycles. The lowest BCUT2D eigenvalue weighted by atomic mass is 10.3. The van der Waals surface area contributed by atoms with Gasteiger partial charge in [-0.2, -0.15) is 0 Å². The van der Waals surface area contributed by atoms with E-state index in [1.165, 1.54) is 11.3 Å². The number of aromatic nitrogens is 2. The monoisotopic (exact) mass is 349 g/mol. The van der Waals surface area contributed by atoms with Gasteiger partial charge in [-0.1, -0.05) is 12.1 Å². The second-order valence-electron chi connectivity index (χ2n) is 4.40. The number of para-hydroxylation sites is 2. The van der Waals surface area contributed by atoms with Crippen molar-refractivity contribution in [2.24, 2.45) is 7.05 Å². The molecule has 0 aliphatic carbocycles. The normalized spacial score (nSPS) is 10.9. The Morgan fingerprint density at radius 1 is 1.45 bits per heavy atom. The molecule has 0 atom stereocenters. The van der Waals surface area contributed by atoms with Crippen molar-refractivity contribution in [2.75, 3.05) is 0 Å². The molecule has 0 spiro atoms. The first-order valence-corrected chi connectivity index (χ1v) is 7.75. The number of carbonyl (C=O) groups excluding carboxylic acids is 1. The Balaban J connectivity index is 1.77. The van der Waals surface area contributed by atoms with E-state index in [0.717, 1.165) is 20.6 Å². The number of imidazole rings is 1. The summed E-state index contributed by atoms with van der Waals surface area (Å²) in [6, 6.07) is 9.74. The summed E-state index contributed by atoms with van der Waals surface area (Å²) in [4.78, 5) is 16.5. The molecule has 4 nitrogen and oxygen atoms in total. The minimum absolute atomic E-state index is 0.0843. The van der Waals surface area contributed by atoms with Crippen LogP contribution in [0.1, 0.15) is 16.2 Å². The van der Waals surface area contributed by atoms with Gasteiger partial charge in [-0.25, -0.2) is 4.98 Å². The van der Waals surface area contributed by atoms with Crippen molar-refractivity contribution in [3.8, 4) is 0 Å². The number of hydrogen-bond donors (Lipinski definition) is 1. The van der Waals surface area contributed by atoms with E-state index in [1.807, 2.05) is 47.3 Å². The summed E-state index contributed by atoms with van der Waals surface area (Å²) in [6.07, 6.45) is 0. The maximum atomic E-state index is 12.0. The fourth-order valence-corrected chi connectivity index (χ4v) is 3.18. The molecule has 3 aromatic rings. The number of fused-ring (bicyclic) bond motifs is 1. The molecule has 0 aliphatic rings. The molecule has 102 valence electrons. The van der Waals surface area contributed by atoms with E-state index in [-0.39, 0.29) is 5.91 Å². The van der Waals surface area contributed by atoms with Crippen LogP contribution in [0.2, 0.25) is 0 Å². The van der Waals surface area contributed by atoms with E-state index in [2.05, 4.69) is 26.2 Å². The van der Waals surface area contributed by atoms with Gasteiger partial charge in [-0.05, 0) is 34.1 Å². The van der Waals surface area contributed by atoms with E-state index >= 15 is 0 Å². The van der Waals surface area contributed by atoms with Crippen molar-refractivity contribution in [2.45, 2.75) is 6.54 Å². The Labute approximate surface area is 128 Å². The Morgan fingerprint density at radius 3 is 2.95 bits per heavy atom. The summed E-state index contributed by atoms with van der Waals surface area (Å²) in [5.74, 6) is 0.757. The van der Waals surface area contributed by atoms with E-state index in [0.29, 0.717) is 12.1 Å². The van der Waals surface area contributed by atoms with Gasteiger partial charge in [-0.3, -0.25) is 4.79 Å². The molecule has 2 heterocycles. The van der Waals surface area contributed by atoms with Crippen LogP contribution < -0.4 is 5.32 Å². The Bertz CT molecular complexity index is 778. The third-order valence-electron chi connectivity index (χ3n) is 3.12. The first kappa shape index (κ1) is 13.3. The second kappa shape index (κ2) is 5.38. The lowest BCUT2D eigenvalue weighted by molar-refractivity contribution is 0.0950. The number of aryl methyl sites for hydroxylation is 1. The summed E-state index contributed by atoms with van der Waals surface area (Å²) in [5, 5.41) is 4.72. The Hall–Kier alpha value is -1.66. The van der Waals surface area contributed by atoms with Crippen molar-refractivity contribution in [1.29, 1.82) is 0 Å². The molecule has 6 heteroatoms. The topological polar surface area (TPSA) is 46.9 Å². The zero-order valence-corrected chi connectivity index (χ0v) is 13.2. The van der Waals surface area contributed by atoms with Gasteiger partial charge < -0.3 is 9.88 Å². The van der Waals surface area contributed by atoms with Gasteiger partial charge in [0.05, 0.1) is 26.9 Å². The smallest absolute Gasteiger partial charge is 0.252 e. The summed E-state index contributed by atoms with van der Waals surface area (Å²) < 4.78 is 2.95. The summed E-state index contributed by atoms with van der Waals surface area (Å²) in [5.41, 5.74) is 2.67. The van der Waals surface area contributed by atoms with Crippen molar-refractivity contribution in [3.05, 3.63) is 50.9 Å². The standard InChI is InChI=1S/C14H12BrN3OS/c1-18-11-5-3-2-4-10(11)17-13(18)7-16-14(19)9-6-12(15)20-8-9/h2-6,8H,7H2,1H3,(H,16,19). The number of rotatable bonds is 3. The van der Waals surface area contributed by atoms with Crippen LogP contribution >= 0.6 is 27.3 Å². The summed E-state index contributed by atoms with van der Waals surface area (Å²) in [6.45, 7) is 0.414. The van der Waals surface area contributed by atoms with Gasteiger partial charge in [0.25, 0.3) is 5.91 Å². The van der Waals surface area contributed by atoms with Crippen molar-refractivity contribution < 1.29 is 4.79 Å². The molecule has 0 saturated heterocycles. The number of carbonyl (C=O) groups is 1. The molecular formula is C14H12BrN3OS. The molecule has 0 fully saturated rings. The SMILES string of the molecule is Cn1c(CNC(=O)c2csc(Br)c2)nc2ccccc21. The average Bonchev–Trinajstić information content (AvgIpc) is 3.01. The summed E-state index contributed by atoms with van der Waals surface area (Å²) >= 11 is 4.85. The molecule has 0 aliphatic heterocycles. The van der Waals surface area contributed by atoms with Crippen LogP contribution in [0.3, 0.4) is 0 Å². The minimum atomic E-state index is -0.0843. The predicted octanol–water partition coefficient (Wildman–Crippen LogP) is 3.33. The molecule has 1 N–H and O–H groups in total. The third-order valence-corrected chi connectivity index (χ3v) is 4.62. The highest BCUT2D eigenvalue weighted by Crippen LogP contribution is 2.20. The third kappa shape index (κ3) is 2.48. The lowest BCUT2D eigenvalue weighted by Crippen LogP contribution is -2.23. The van der Waals surface area contributed by atoms with E-state index in [1.54, 1.807) is 0 Å². The number of hydrogen-bond acceptors (Lipinski definition) is 3. The Morgan fingerprint density at radius 2 is 2.25 bits per heavy atom. The number of nitrogens with zero attached hydrogens (tertiary/aromatic N) is 2. The van der Waals surface area contributed by atoms with Crippen LogP contribution in [0.15, 0.2) is 39.5 Å². The van der Waals surface area contributed by atoms with Crippen molar-refractivity contribution >= 4 is 44.2 Å². The van der Waals surface area contributed by atoms with Crippen LogP contribution in [0.4, 0.5) is 0 Å². The second-order valence-corrected chi connectivity index (χ2v) is 6.69. The first-order chi connectivity index (χ1) is 9.65. The van der Waals surface area contributed by atoms with E-state index < -0.39 is 0 Å². The molecule has 20 heavy (non-hydrogen) atoms. The highest BCUT2D eigenvalue weighted by molar-refractivity contribution is 9.11. The fourth-order valence-electron chi connectivity index (χ4n) is 2.04. The average molecular weight is 350 g/mol. The van der Waals surface area contributed by atoms with Gasteiger partial charge in [0.2, 0.25) is 0 Å². The quantitative estimate of drug-likeness (QED) is 0.788. The molecule has 3 rings (SSSR count). The number of thiophene rings is 1. The number of halogens is 1. The number of benzene rings is 1. The highest BCUT2D eigenvalue weighted by Gasteiger charge is 2.11. The fraction of sp³-hybridized carbons (Fsp3) is 0.143. The van der Waals surface area contributed by atoms with Gasteiger partial charge in [0, 0.05) is 12.4 Å².